The van der Waals surface area contributed by atoms with Crippen LogP contribution in [0, 0.1) is 6.92 Å². The molecule has 4 rings (SSSR count). The third-order valence-electron chi connectivity index (χ3n) is 5.97. The van der Waals surface area contributed by atoms with Crippen LogP contribution < -0.4 is 4.74 Å². The minimum Gasteiger partial charge on any atom is -0.507 e. The first-order valence-corrected chi connectivity index (χ1v) is 10.7. The number of aromatic hydroxyl groups is 2. The second kappa shape index (κ2) is 9.77. The number of ether oxygens (including phenoxy) is 4. The van der Waals surface area contributed by atoms with E-state index in [0.29, 0.717) is 10.9 Å². The summed E-state index contributed by atoms with van der Waals surface area (Å²) in [4.78, 5) is 0. The van der Waals surface area contributed by atoms with Gasteiger partial charge in [-0.25, -0.2) is 0 Å². The molecular weight excluding hydrogens is 456 g/mol. The van der Waals surface area contributed by atoms with E-state index in [0.717, 1.165) is 0 Å². The lowest BCUT2D eigenvalue weighted by atomic mass is 9.99. The molecular formula is C22H28O12. The van der Waals surface area contributed by atoms with Crippen molar-refractivity contribution in [3.05, 3.63) is 29.8 Å². The van der Waals surface area contributed by atoms with Crippen molar-refractivity contribution in [1.82, 2.24) is 0 Å². The number of benzene rings is 2. The molecule has 0 spiro atoms. The maximum Gasteiger partial charge on any atom is 0.229 e. The van der Waals surface area contributed by atoms with Gasteiger partial charge in [-0.15, -0.1) is 0 Å². The van der Waals surface area contributed by atoms with Crippen LogP contribution in [0.25, 0.3) is 10.8 Å². The number of fused-ring (bicyclic) bond motifs is 1. The van der Waals surface area contributed by atoms with Crippen LogP contribution in [0.3, 0.4) is 0 Å². The van der Waals surface area contributed by atoms with Crippen LogP contribution in [0.5, 0.6) is 17.2 Å². The van der Waals surface area contributed by atoms with Crippen molar-refractivity contribution in [1.29, 1.82) is 0 Å². The first-order chi connectivity index (χ1) is 16.1. The zero-order valence-electron chi connectivity index (χ0n) is 18.1. The van der Waals surface area contributed by atoms with Gasteiger partial charge in [-0.1, -0.05) is 0 Å². The van der Waals surface area contributed by atoms with Gasteiger partial charge in [0.1, 0.15) is 60.0 Å². The highest BCUT2D eigenvalue weighted by Crippen LogP contribution is 2.40. The zero-order chi connectivity index (χ0) is 24.7. The molecule has 2 aliphatic rings. The molecule has 12 heteroatoms. The number of rotatable bonds is 5. The average Bonchev–Trinajstić information content (AvgIpc) is 2.79. The van der Waals surface area contributed by atoms with Gasteiger partial charge >= 0.3 is 0 Å². The summed E-state index contributed by atoms with van der Waals surface area (Å²) in [6.07, 6.45) is -13.4. The monoisotopic (exact) mass is 484 g/mol. The molecule has 0 amide bonds. The summed E-state index contributed by atoms with van der Waals surface area (Å²) in [5.74, 6) is -0.247. The summed E-state index contributed by atoms with van der Waals surface area (Å²) in [6.45, 7) is 1.01. The van der Waals surface area contributed by atoms with Crippen LogP contribution in [0.1, 0.15) is 5.56 Å². The molecule has 0 aliphatic carbocycles. The molecule has 188 valence electrons. The van der Waals surface area contributed by atoms with Crippen LogP contribution in [-0.2, 0) is 14.2 Å². The highest BCUT2D eigenvalue weighted by atomic mass is 16.7. The summed E-state index contributed by atoms with van der Waals surface area (Å²) in [5, 5.41) is 81.4. The van der Waals surface area contributed by atoms with E-state index >= 15 is 0 Å². The molecule has 0 saturated carbocycles. The van der Waals surface area contributed by atoms with E-state index in [4.69, 9.17) is 18.9 Å². The predicted octanol–water partition coefficient (Wildman–Crippen LogP) is -1.80. The number of hydrogen-bond acceptors (Lipinski definition) is 12. The summed E-state index contributed by atoms with van der Waals surface area (Å²) < 4.78 is 21.8. The Morgan fingerprint density at radius 2 is 1.56 bits per heavy atom. The topological polar surface area (TPSA) is 199 Å². The Hall–Kier alpha value is -2.26. The van der Waals surface area contributed by atoms with Crippen molar-refractivity contribution < 1.29 is 59.8 Å². The first-order valence-electron chi connectivity index (χ1n) is 10.7. The van der Waals surface area contributed by atoms with E-state index < -0.39 is 61.9 Å². The maximum atomic E-state index is 10.4. The first kappa shape index (κ1) is 24.9. The van der Waals surface area contributed by atoms with Gasteiger partial charge in [0, 0.05) is 5.39 Å². The molecule has 12 nitrogen and oxygen atoms in total. The molecule has 2 fully saturated rings. The van der Waals surface area contributed by atoms with Crippen molar-refractivity contribution in [2.24, 2.45) is 0 Å². The highest BCUT2D eigenvalue weighted by Gasteiger charge is 2.46. The van der Waals surface area contributed by atoms with E-state index in [1.807, 2.05) is 0 Å². The number of aliphatic hydroxyl groups excluding tert-OH is 6. The quantitative estimate of drug-likeness (QED) is 0.237. The van der Waals surface area contributed by atoms with Crippen molar-refractivity contribution in [3.8, 4) is 17.2 Å². The Morgan fingerprint density at radius 3 is 2.29 bits per heavy atom. The Kier molecular flexibility index (Phi) is 7.14. The van der Waals surface area contributed by atoms with Gasteiger partial charge < -0.3 is 59.8 Å². The fraction of sp³-hybridized carbons (Fsp3) is 0.545. The lowest BCUT2D eigenvalue weighted by Gasteiger charge is -2.41. The van der Waals surface area contributed by atoms with Gasteiger partial charge in [0.2, 0.25) is 6.29 Å². The molecule has 0 unspecified atom stereocenters. The van der Waals surface area contributed by atoms with E-state index in [9.17, 15) is 40.9 Å². The zero-order valence-corrected chi connectivity index (χ0v) is 18.1. The molecule has 0 bridgehead atoms. The normalized spacial score (nSPS) is 36.5. The summed E-state index contributed by atoms with van der Waals surface area (Å²) in [5.41, 5.74) is 0.687. The third kappa shape index (κ3) is 4.64. The summed E-state index contributed by atoms with van der Waals surface area (Å²) in [6, 6.07) is 5.78. The molecule has 2 aromatic rings. The maximum absolute atomic E-state index is 10.4. The second-order valence-corrected chi connectivity index (χ2v) is 8.51. The Balaban J connectivity index is 1.51. The second-order valence-electron chi connectivity index (χ2n) is 8.51. The number of aliphatic hydroxyl groups is 6. The van der Waals surface area contributed by atoms with Gasteiger partial charge in [0.05, 0.1) is 18.6 Å². The van der Waals surface area contributed by atoms with Gasteiger partial charge in [-0.3, -0.25) is 0 Å². The number of phenols is 2. The Labute approximate surface area is 193 Å². The molecule has 2 aliphatic heterocycles. The van der Waals surface area contributed by atoms with Crippen molar-refractivity contribution >= 4 is 10.8 Å². The minimum atomic E-state index is -1.70. The van der Waals surface area contributed by atoms with Crippen LogP contribution in [0.4, 0.5) is 0 Å². The van der Waals surface area contributed by atoms with Crippen molar-refractivity contribution in [2.45, 2.75) is 62.2 Å². The highest BCUT2D eigenvalue weighted by molar-refractivity contribution is 5.98. The van der Waals surface area contributed by atoms with Gasteiger partial charge in [0.25, 0.3) is 0 Å². The molecule has 2 heterocycles. The van der Waals surface area contributed by atoms with Crippen molar-refractivity contribution in [3.63, 3.8) is 0 Å². The molecule has 9 atom stereocenters. The predicted molar refractivity (Wildman–Crippen MR) is 113 cm³/mol. The Morgan fingerprint density at radius 1 is 0.853 bits per heavy atom. The molecule has 2 aromatic carbocycles. The van der Waals surface area contributed by atoms with Crippen molar-refractivity contribution in [2.75, 3.05) is 13.2 Å². The molecule has 2 saturated heterocycles. The molecule has 0 aromatic heterocycles. The van der Waals surface area contributed by atoms with Crippen LogP contribution in [0.2, 0.25) is 0 Å². The van der Waals surface area contributed by atoms with Gasteiger partial charge in [-0.2, -0.15) is 0 Å². The van der Waals surface area contributed by atoms with E-state index in [1.165, 1.54) is 18.2 Å². The van der Waals surface area contributed by atoms with Crippen LogP contribution >= 0.6 is 0 Å². The molecule has 0 radical (unpaired) electrons. The van der Waals surface area contributed by atoms with Gasteiger partial charge in [-0.05, 0) is 36.8 Å². The fourth-order valence-corrected chi connectivity index (χ4v) is 4.05. The summed E-state index contributed by atoms with van der Waals surface area (Å²) in [7, 11) is 0. The van der Waals surface area contributed by atoms with Crippen LogP contribution in [-0.4, -0.2) is 109 Å². The lowest BCUT2D eigenvalue weighted by Crippen LogP contribution is -2.61. The smallest absolute Gasteiger partial charge is 0.229 e. The van der Waals surface area contributed by atoms with E-state index in [-0.39, 0.29) is 29.2 Å². The number of aryl methyl sites for hydroxylation is 1. The molecule has 8 N–H and O–H groups in total. The number of phenolic OH excluding ortho intramolecular Hbond substituents is 2. The Bertz CT molecular complexity index is 1020. The number of hydrogen-bond donors (Lipinski definition) is 8. The lowest BCUT2D eigenvalue weighted by molar-refractivity contribution is -0.307. The fourth-order valence-electron chi connectivity index (χ4n) is 4.05. The van der Waals surface area contributed by atoms with E-state index in [1.54, 1.807) is 13.0 Å². The third-order valence-corrected chi connectivity index (χ3v) is 5.97. The summed E-state index contributed by atoms with van der Waals surface area (Å²) >= 11 is 0. The molecule has 34 heavy (non-hydrogen) atoms. The van der Waals surface area contributed by atoms with Gasteiger partial charge in [0.15, 0.2) is 6.29 Å². The largest absolute Gasteiger partial charge is 0.507 e. The van der Waals surface area contributed by atoms with Crippen LogP contribution in [0.15, 0.2) is 24.3 Å². The van der Waals surface area contributed by atoms with E-state index in [2.05, 4.69) is 0 Å². The minimum absolute atomic E-state index is 0.0424. The SMILES string of the molecule is Cc1cc(O)c2c(O[C@@H]3O[C@H](CO[C@@H]4OC[C@@H](O)[C@H](O)[C@H]4O)[C@@H](O)[C@H](O)[C@H]3O)ccc(O)c2c1. The standard InChI is InChI=1S/C22H28O12/c1-8-4-9-10(23)2-3-13(15(9)11(24)5-8)33-22-20(30)18(28)17(27)14(34-22)7-32-21-19(29)16(26)12(25)6-31-21/h2-5,12,14,16-30H,6-7H2,1H3/t12-,14-,16+,17-,18+,19-,20-,21+,22-/m1/s1. The average molecular weight is 484 g/mol.